The molecule has 6 heteroatoms. The van der Waals surface area contributed by atoms with Crippen molar-refractivity contribution in [2.24, 2.45) is 10.9 Å². The fourth-order valence-electron chi connectivity index (χ4n) is 3.05. The fraction of sp³-hybridized carbons (Fsp3) is 0.190. The Balaban J connectivity index is 2.01. The van der Waals surface area contributed by atoms with Crippen molar-refractivity contribution in [1.82, 2.24) is 0 Å². The fourth-order valence-corrected chi connectivity index (χ4v) is 3.87. The van der Waals surface area contributed by atoms with E-state index in [2.05, 4.69) is 23.0 Å². The van der Waals surface area contributed by atoms with Crippen molar-refractivity contribution >= 4 is 29.1 Å². The first kappa shape index (κ1) is 18.7. The van der Waals surface area contributed by atoms with Crippen molar-refractivity contribution in [3.05, 3.63) is 77.7 Å². The number of carbonyl (C=O) groups is 1. The van der Waals surface area contributed by atoms with Crippen LogP contribution in [0.15, 0.2) is 81.4 Å². The van der Waals surface area contributed by atoms with E-state index in [1.807, 2.05) is 37.3 Å². The molecule has 1 aromatic heterocycles. The number of nitrogens with zero attached hydrogens (tertiary/aromatic N) is 2. The number of furan rings is 1. The minimum atomic E-state index is -0.626. The number of carbonyl (C=O) groups excluding carboxylic acids is 1. The molecular weight excluding hydrogens is 358 g/mol. The van der Waals surface area contributed by atoms with Crippen LogP contribution in [0.25, 0.3) is 0 Å². The van der Waals surface area contributed by atoms with Crippen molar-refractivity contribution in [2.75, 3.05) is 11.1 Å². The van der Waals surface area contributed by atoms with E-state index >= 15 is 0 Å². The van der Waals surface area contributed by atoms with E-state index in [0.29, 0.717) is 33.5 Å². The number of rotatable bonds is 6. The highest BCUT2D eigenvalue weighted by atomic mass is 32.2. The van der Waals surface area contributed by atoms with Crippen LogP contribution >= 0.6 is 11.8 Å². The second-order valence-corrected chi connectivity index (χ2v) is 7.02. The predicted molar refractivity (Wildman–Crippen MR) is 108 cm³/mol. The summed E-state index contributed by atoms with van der Waals surface area (Å²) in [7, 11) is 0. The summed E-state index contributed by atoms with van der Waals surface area (Å²) in [4.78, 5) is 17.6. The quantitative estimate of drug-likeness (QED) is 0.737. The van der Waals surface area contributed by atoms with Gasteiger partial charge in [0.05, 0.1) is 29.7 Å². The number of anilines is 1. The molecule has 1 aliphatic heterocycles. The minimum absolute atomic E-state index is 0.218. The Morgan fingerprint density at radius 1 is 1.37 bits per heavy atom. The SMILES string of the molecule is C=CCSC1=C(C#N)[C@H](c2ccco2)C(C(=O)Nc2ccccc2)C(C)=N1. The normalized spacial score (nSPS) is 19.2. The van der Waals surface area contributed by atoms with Crippen LogP contribution in [-0.2, 0) is 4.79 Å². The lowest BCUT2D eigenvalue weighted by atomic mass is 9.79. The van der Waals surface area contributed by atoms with Gasteiger partial charge in [0.15, 0.2) is 0 Å². The van der Waals surface area contributed by atoms with Gasteiger partial charge in [-0.1, -0.05) is 24.3 Å². The van der Waals surface area contributed by atoms with E-state index in [0.717, 1.165) is 0 Å². The van der Waals surface area contributed by atoms with Crippen molar-refractivity contribution < 1.29 is 9.21 Å². The van der Waals surface area contributed by atoms with Gasteiger partial charge in [-0.15, -0.1) is 18.3 Å². The maximum Gasteiger partial charge on any atom is 0.234 e. The Kier molecular flexibility index (Phi) is 5.94. The summed E-state index contributed by atoms with van der Waals surface area (Å²) in [6.07, 6.45) is 3.31. The van der Waals surface area contributed by atoms with Gasteiger partial charge >= 0.3 is 0 Å². The Labute approximate surface area is 162 Å². The van der Waals surface area contributed by atoms with Gasteiger partial charge in [-0.2, -0.15) is 5.26 Å². The smallest absolute Gasteiger partial charge is 0.234 e. The van der Waals surface area contributed by atoms with Crippen molar-refractivity contribution in [3.63, 3.8) is 0 Å². The third kappa shape index (κ3) is 4.04. The first-order valence-electron chi connectivity index (χ1n) is 8.48. The summed E-state index contributed by atoms with van der Waals surface area (Å²) in [5, 5.41) is 13.3. The lowest BCUT2D eigenvalue weighted by Gasteiger charge is -2.29. The molecule has 1 unspecified atom stereocenters. The lowest BCUT2D eigenvalue weighted by Crippen LogP contribution is -2.36. The largest absolute Gasteiger partial charge is 0.469 e. The Morgan fingerprint density at radius 3 is 2.78 bits per heavy atom. The minimum Gasteiger partial charge on any atom is -0.469 e. The number of thioether (sulfide) groups is 1. The molecule has 2 atom stereocenters. The van der Waals surface area contributed by atoms with E-state index in [4.69, 9.17) is 4.42 Å². The molecule has 2 aromatic rings. The first-order chi connectivity index (χ1) is 13.2. The second-order valence-electron chi connectivity index (χ2n) is 6.01. The Hall–Kier alpha value is -3.04. The summed E-state index contributed by atoms with van der Waals surface area (Å²) in [6.45, 7) is 5.53. The van der Waals surface area contributed by atoms with Gasteiger partial charge < -0.3 is 9.73 Å². The molecule has 1 aromatic carbocycles. The summed E-state index contributed by atoms with van der Waals surface area (Å²) < 4.78 is 5.59. The molecule has 136 valence electrons. The molecule has 0 spiro atoms. The number of benzene rings is 1. The highest BCUT2D eigenvalue weighted by Gasteiger charge is 2.41. The molecule has 0 saturated carbocycles. The van der Waals surface area contributed by atoms with Crippen molar-refractivity contribution in [1.29, 1.82) is 5.26 Å². The van der Waals surface area contributed by atoms with E-state index in [1.165, 1.54) is 11.8 Å². The van der Waals surface area contributed by atoms with Gasteiger partial charge in [0.25, 0.3) is 0 Å². The number of hydrogen-bond donors (Lipinski definition) is 1. The maximum atomic E-state index is 13.1. The van der Waals surface area contributed by atoms with Crippen LogP contribution < -0.4 is 5.32 Å². The van der Waals surface area contributed by atoms with Gasteiger partial charge in [-0.05, 0) is 31.2 Å². The molecule has 27 heavy (non-hydrogen) atoms. The third-order valence-electron chi connectivity index (χ3n) is 4.23. The summed E-state index contributed by atoms with van der Waals surface area (Å²) in [5.41, 5.74) is 1.79. The topological polar surface area (TPSA) is 78.4 Å². The standard InChI is InChI=1S/C21H19N3O2S/c1-3-12-27-21-16(13-22)19(17-10-7-11-26-17)18(14(2)23-21)20(25)24-15-8-5-4-6-9-15/h3-11,18-19H,1,12H2,2H3,(H,24,25)/t18?,19-/m1/s1. The monoisotopic (exact) mass is 377 g/mol. The molecule has 0 radical (unpaired) electrons. The number of amides is 1. The van der Waals surface area contributed by atoms with Crippen molar-refractivity contribution in [2.45, 2.75) is 12.8 Å². The number of aliphatic imine (C=N–C) groups is 1. The molecule has 0 bridgehead atoms. The molecule has 3 rings (SSSR count). The molecule has 1 N–H and O–H groups in total. The van der Waals surface area contributed by atoms with E-state index in [1.54, 1.807) is 24.5 Å². The van der Waals surface area contributed by atoms with Crippen LogP contribution in [0.4, 0.5) is 5.69 Å². The highest BCUT2D eigenvalue weighted by molar-refractivity contribution is 8.03. The van der Waals surface area contributed by atoms with Gasteiger partial charge in [-0.25, -0.2) is 4.99 Å². The summed E-state index contributed by atoms with van der Waals surface area (Å²) >= 11 is 1.43. The third-order valence-corrected chi connectivity index (χ3v) is 5.22. The molecule has 1 amide bonds. The average Bonchev–Trinajstić information content (AvgIpc) is 3.20. The zero-order valence-electron chi connectivity index (χ0n) is 14.9. The van der Waals surface area contributed by atoms with Gasteiger partial charge in [-0.3, -0.25) is 4.79 Å². The second kappa shape index (κ2) is 8.56. The maximum absolute atomic E-state index is 13.1. The van der Waals surface area contributed by atoms with Gasteiger partial charge in [0, 0.05) is 17.2 Å². The van der Waals surface area contributed by atoms with Gasteiger partial charge in [0.2, 0.25) is 5.91 Å². The first-order valence-corrected chi connectivity index (χ1v) is 9.46. The molecule has 1 aliphatic rings. The number of allylic oxidation sites excluding steroid dienone is 1. The van der Waals surface area contributed by atoms with Crippen LogP contribution in [0, 0.1) is 17.2 Å². The van der Waals surface area contributed by atoms with Crippen molar-refractivity contribution in [3.8, 4) is 6.07 Å². The number of nitrogens with one attached hydrogen (secondary N) is 1. The zero-order valence-corrected chi connectivity index (χ0v) is 15.7. The molecule has 2 heterocycles. The van der Waals surface area contributed by atoms with Crippen LogP contribution in [0.5, 0.6) is 0 Å². The van der Waals surface area contributed by atoms with Gasteiger partial charge in [0.1, 0.15) is 10.8 Å². The van der Waals surface area contributed by atoms with Crippen LogP contribution in [0.3, 0.4) is 0 Å². The molecule has 0 fully saturated rings. The molecular formula is C21H19N3O2S. The molecule has 5 nitrogen and oxygen atoms in total. The van der Waals surface area contributed by atoms with E-state index in [-0.39, 0.29) is 5.91 Å². The van der Waals surface area contributed by atoms with Crippen LogP contribution in [-0.4, -0.2) is 17.4 Å². The average molecular weight is 377 g/mol. The van der Waals surface area contributed by atoms with Crippen LogP contribution in [0.1, 0.15) is 18.6 Å². The summed E-state index contributed by atoms with van der Waals surface area (Å²) in [6, 6.07) is 15.0. The lowest BCUT2D eigenvalue weighted by molar-refractivity contribution is -0.118. The molecule has 0 saturated heterocycles. The number of hydrogen-bond acceptors (Lipinski definition) is 5. The number of nitriles is 1. The molecule has 0 aliphatic carbocycles. The van der Waals surface area contributed by atoms with Crippen LogP contribution in [0.2, 0.25) is 0 Å². The highest BCUT2D eigenvalue weighted by Crippen LogP contribution is 2.42. The summed E-state index contributed by atoms with van der Waals surface area (Å²) in [5.74, 6) is -0.157. The Bertz CT molecular complexity index is 924. The van der Waals surface area contributed by atoms with E-state index in [9.17, 15) is 10.1 Å². The number of para-hydroxylation sites is 1. The van der Waals surface area contributed by atoms with E-state index < -0.39 is 11.8 Å². The zero-order chi connectivity index (χ0) is 19.2. The predicted octanol–water partition coefficient (Wildman–Crippen LogP) is 4.75. The Morgan fingerprint density at radius 2 is 2.15 bits per heavy atom.